The summed E-state index contributed by atoms with van der Waals surface area (Å²) >= 11 is 0. The second-order valence-corrected chi connectivity index (χ2v) is 4.69. The standard InChI is InChI=1S/C13H19N2O2.H3N/c1-9-11-8-10(17-3)4-5-12(11)15(2,7-6-14)13(9)16;/h4-5,8-9H,6-7,14H2,1-3H3;1H3/q+1;. The van der Waals surface area contributed by atoms with Crippen molar-refractivity contribution in [3.8, 4) is 5.75 Å². The number of ether oxygens (including phenoxy) is 1. The summed E-state index contributed by atoms with van der Waals surface area (Å²) in [6, 6.07) is 5.83. The first-order chi connectivity index (χ1) is 8.04. The molecule has 0 aliphatic carbocycles. The summed E-state index contributed by atoms with van der Waals surface area (Å²) in [7, 11) is 3.57. The third kappa shape index (κ3) is 1.90. The highest BCUT2D eigenvalue weighted by atomic mass is 16.5. The zero-order valence-corrected chi connectivity index (χ0v) is 11.3. The quantitative estimate of drug-likeness (QED) is 0.796. The molecular formula is C13H22N3O2+. The van der Waals surface area contributed by atoms with Gasteiger partial charge in [0.1, 0.15) is 23.9 Å². The van der Waals surface area contributed by atoms with Gasteiger partial charge in [-0.1, -0.05) is 0 Å². The summed E-state index contributed by atoms with van der Waals surface area (Å²) in [6.45, 7) is 3.09. The van der Waals surface area contributed by atoms with E-state index in [0.717, 1.165) is 17.0 Å². The first-order valence-corrected chi connectivity index (χ1v) is 5.83. The predicted molar refractivity (Wildman–Crippen MR) is 73.1 cm³/mol. The molecule has 0 saturated heterocycles. The maximum absolute atomic E-state index is 12.3. The highest BCUT2D eigenvalue weighted by molar-refractivity contribution is 6.00. The third-order valence-corrected chi connectivity index (χ3v) is 3.67. The van der Waals surface area contributed by atoms with Gasteiger partial charge in [-0.05, 0) is 19.1 Å². The van der Waals surface area contributed by atoms with Gasteiger partial charge in [0.2, 0.25) is 0 Å². The molecule has 1 aliphatic rings. The average Bonchev–Trinajstić information content (AvgIpc) is 2.52. The smallest absolute Gasteiger partial charge is 0.326 e. The predicted octanol–water partition coefficient (Wildman–Crippen LogP) is 1.40. The normalized spacial score (nSPS) is 25.6. The summed E-state index contributed by atoms with van der Waals surface area (Å²) in [5.41, 5.74) is 7.73. The molecule has 100 valence electrons. The molecule has 0 fully saturated rings. The Kier molecular flexibility index (Phi) is 4.11. The molecule has 1 aromatic rings. The number of carbonyl (C=O) groups excluding carboxylic acids is 1. The number of rotatable bonds is 3. The Labute approximate surface area is 108 Å². The zero-order valence-electron chi connectivity index (χ0n) is 11.3. The maximum Gasteiger partial charge on any atom is 0.326 e. The van der Waals surface area contributed by atoms with Gasteiger partial charge in [0.25, 0.3) is 0 Å². The molecule has 2 atom stereocenters. The van der Waals surface area contributed by atoms with Crippen molar-refractivity contribution in [2.45, 2.75) is 12.8 Å². The van der Waals surface area contributed by atoms with Crippen LogP contribution >= 0.6 is 0 Å². The first kappa shape index (κ1) is 14.6. The number of hydrogen-bond donors (Lipinski definition) is 2. The molecule has 5 heteroatoms. The van der Waals surface area contributed by atoms with E-state index in [9.17, 15) is 4.79 Å². The average molecular weight is 252 g/mol. The van der Waals surface area contributed by atoms with E-state index in [-0.39, 0.29) is 18.0 Å². The lowest BCUT2D eigenvalue weighted by Crippen LogP contribution is -2.51. The first-order valence-electron chi connectivity index (χ1n) is 5.83. The Morgan fingerprint density at radius 2 is 2.11 bits per heavy atom. The van der Waals surface area contributed by atoms with E-state index >= 15 is 0 Å². The van der Waals surface area contributed by atoms with E-state index in [0.29, 0.717) is 17.6 Å². The third-order valence-electron chi connectivity index (χ3n) is 3.67. The fourth-order valence-electron chi connectivity index (χ4n) is 2.62. The van der Waals surface area contributed by atoms with Gasteiger partial charge in [0.05, 0.1) is 14.2 Å². The van der Waals surface area contributed by atoms with E-state index in [4.69, 9.17) is 10.5 Å². The number of quaternary nitrogens is 1. The van der Waals surface area contributed by atoms with Crippen molar-refractivity contribution < 1.29 is 9.53 Å². The van der Waals surface area contributed by atoms with Crippen LogP contribution in [0.4, 0.5) is 5.69 Å². The number of methoxy groups -OCH3 is 1. The lowest BCUT2D eigenvalue weighted by Gasteiger charge is -2.26. The van der Waals surface area contributed by atoms with E-state index < -0.39 is 0 Å². The van der Waals surface area contributed by atoms with Crippen LogP contribution in [0.2, 0.25) is 0 Å². The molecule has 18 heavy (non-hydrogen) atoms. The summed E-state index contributed by atoms with van der Waals surface area (Å²) in [5, 5.41) is 0. The molecule has 2 rings (SSSR count). The fraction of sp³-hybridized carbons (Fsp3) is 0.462. The van der Waals surface area contributed by atoms with Gasteiger partial charge in [-0.2, -0.15) is 0 Å². The van der Waals surface area contributed by atoms with Crippen molar-refractivity contribution in [1.29, 1.82) is 0 Å². The highest BCUT2D eigenvalue weighted by Crippen LogP contribution is 2.42. The van der Waals surface area contributed by atoms with Gasteiger partial charge >= 0.3 is 5.91 Å². The lowest BCUT2D eigenvalue weighted by molar-refractivity contribution is -0.128. The van der Waals surface area contributed by atoms with Gasteiger partial charge < -0.3 is 16.6 Å². The Morgan fingerprint density at radius 3 is 2.67 bits per heavy atom. The Bertz CT molecular complexity index is 462. The van der Waals surface area contributed by atoms with Crippen molar-refractivity contribution in [2.75, 3.05) is 27.2 Å². The second-order valence-electron chi connectivity index (χ2n) is 4.69. The van der Waals surface area contributed by atoms with Crippen LogP contribution in [0.5, 0.6) is 5.75 Å². The molecule has 1 amide bonds. The number of nitrogens with zero attached hydrogens (tertiary/aromatic N) is 1. The molecule has 0 aromatic heterocycles. The zero-order chi connectivity index (χ0) is 12.6. The van der Waals surface area contributed by atoms with Crippen molar-refractivity contribution in [2.24, 2.45) is 5.73 Å². The van der Waals surface area contributed by atoms with E-state index in [1.54, 1.807) is 7.11 Å². The van der Waals surface area contributed by atoms with Gasteiger partial charge in [-0.3, -0.25) is 0 Å². The van der Waals surface area contributed by atoms with E-state index in [1.165, 1.54) is 0 Å². The number of carbonyl (C=O) groups is 1. The molecule has 0 spiro atoms. The maximum atomic E-state index is 12.3. The molecule has 0 bridgehead atoms. The minimum Gasteiger partial charge on any atom is -0.497 e. The van der Waals surface area contributed by atoms with Gasteiger partial charge in [-0.25, -0.2) is 9.28 Å². The molecule has 5 N–H and O–H groups in total. The van der Waals surface area contributed by atoms with Crippen LogP contribution in [0, 0.1) is 0 Å². The molecule has 2 unspecified atom stereocenters. The van der Waals surface area contributed by atoms with Crippen molar-refractivity contribution in [3.63, 3.8) is 0 Å². The van der Waals surface area contributed by atoms with Gasteiger partial charge in [0.15, 0.2) is 0 Å². The number of amides is 1. The van der Waals surface area contributed by atoms with Crippen molar-refractivity contribution in [3.05, 3.63) is 23.8 Å². The Hall–Kier alpha value is -1.43. The van der Waals surface area contributed by atoms with Crippen LogP contribution in [0.15, 0.2) is 18.2 Å². The molecule has 1 aromatic carbocycles. The molecule has 0 saturated carbocycles. The molecule has 5 nitrogen and oxygen atoms in total. The van der Waals surface area contributed by atoms with Crippen LogP contribution in [-0.4, -0.2) is 33.2 Å². The monoisotopic (exact) mass is 252 g/mol. The minimum atomic E-state index is -0.0864. The van der Waals surface area contributed by atoms with Crippen molar-refractivity contribution >= 4 is 11.6 Å². The number of hydrogen-bond acceptors (Lipinski definition) is 4. The minimum absolute atomic E-state index is 0. The Balaban J connectivity index is 0.00000162. The molecule has 0 radical (unpaired) electrons. The van der Waals surface area contributed by atoms with Crippen LogP contribution in [-0.2, 0) is 4.79 Å². The molecule has 1 aliphatic heterocycles. The largest absolute Gasteiger partial charge is 0.497 e. The summed E-state index contributed by atoms with van der Waals surface area (Å²) in [4.78, 5) is 12.3. The topological polar surface area (TPSA) is 87.3 Å². The van der Waals surface area contributed by atoms with Gasteiger partial charge in [-0.15, -0.1) is 0 Å². The van der Waals surface area contributed by atoms with E-state index in [2.05, 4.69) is 0 Å². The van der Waals surface area contributed by atoms with Crippen LogP contribution < -0.4 is 21.1 Å². The number of fused-ring (bicyclic) bond motifs is 1. The van der Waals surface area contributed by atoms with Crippen LogP contribution in [0.25, 0.3) is 0 Å². The van der Waals surface area contributed by atoms with Gasteiger partial charge in [0, 0.05) is 18.2 Å². The fourth-order valence-corrected chi connectivity index (χ4v) is 2.62. The molecular weight excluding hydrogens is 230 g/mol. The number of likely N-dealkylation sites (N-methyl/N-ethyl adjacent to an activating group) is 1. The van der Waals surface area contributed by atoms with Crippen LogP contribution in [0.1, 0.15) is 18.4 Å². The number of nitrogens with two attached hydrogens (primary N) is 1. The second kappa shape index (κ2) is 5.06. The highest BCUT2D eigenvalue weighted by Gasteiger charge is 2.47. The Morgan fingerprint density at radius 1 is 1.44 bits per heavy atom. The van der Waals surface area contributed by atoms with Crippen LogP contribution in [0.3, 0.4) is 0 Å². The summed E-state index contributed by atoms with van der Waals surface area (Å²) in [6.07, 6.45) is 0. The lowest BCUT2D eigenvalue weighted by atomic mass is 10.0. The summed E-state index contributed by atoms with van der Waals surface area (Å²) < 4.78 is 5.51. The summed E-state index contributed by atoms with van der Waals surface area (Å²) in [5.74, 6) is 0.917. The molecule has 1 heterocycles. The van der Waals surface area contributed by atoms with E-state index in [1.807, 2.05) is 32.2 Å². The SMILES string of the molecule is COc1ccc2c(c1)C(C)C(=O)[N+]2(C)CCN.N. The van der Waals surface area contributed by atoms with Crippen molar-refractivity contribution in [1.82, 2.24) is 10.6 Å². The number of benzene rings is 1.